The van der Waals surface area contributed by atoms with Gasteiger partial charge < -0.3 is 37.5 Å². The molecule has 43 heavy (non-hydrogen) atoms. The average molecular weight is 597 g/mol. The van der Waals surface area contributed by atoms with Gasteiger partial charge in [-0.05, 0) is 92.9 Å². The molecule has 1 amide bonds. The van der Waals surface area contributed by atoms with E-state index >= 15 is 0 Å². The zero-order chi connectivity index (χ0) is 32.5. The summed E-state index contributed by atoms with van der Waals surface area (Å²) in [7, 11) is 1.54. The van der Waals surface area contributed by atoms with Crippen molar-refractivity contribution in [2.75, 3.05) is 25.5 Å². The molecule has 0 heterocycles. The monoisotopic (exact) mass is 596 g/mol. The Bertz CT molecular complexity index is 1190. The first-order valence-electron chi connectivity index (χ1n) is 13.8. The van der Waals surface area contributed by atoms with E-state index in [1.165, 1.54) is 24.8 Å². The number of hydrogen-bond acceptors (Lipinski definition) is 8. The smallest absolute Gasteiger partial charge is 0.335 e. The number of aromatic carboxylic acids is 1. The number of carboxylic acid groups (broad SMARTS) is 2. The Balaban J connectivity index is 0.000000557. The highest BCUT2D eigenvalue weighted by atomic mass is 16.5. The number of methoxy groups -OCH3 is 1. The fourth-order valence-electron chi connectivity index (χ4n) is 3.10. The van der Waals surface area contributed by atoms with Crippen LogP contribution in [0.2, 0.25) is 0 Å². The molecule has 0 fully saturated rings. The molecule has 0 unspecified atom stereocenters. The van der Waals surface area contributed by atoms with Crippen LogP contribution in [0.25, 0.3) is 0 Å². The summed E-state index contributed by atoms with van der Waals surface area (Å²) in [6, 6.07) is 22.5. The molecular weight excluding hydrogens is 552 g/mol. The SMILES string of the molecule is CCCC(=O)Nc1ccc(C=O)cc1.COc1ccc(C(=O)O)cc1.NCCC[C@H](N)C(=O)O.NCCc1ccccc1. The van der Waals surface area contributed by atoms with E-state index in [4.69, 9.17) is 32.2 Å². The quantitative estimate of drug-likeness (QED) is 0.166. The van der Waals surface area contributed by atoms with Gasteiger partial charge in [-0.2, -0.15) is 0 Å². The number of carboxylic acids is 2. The van der Waals surface area contributed by atoms with Gasteiger partial charge in [0, 0.05) is 17.7 Å². The Kier molecular flexibility index (Phi) is 21.5. The van der Waals surface area contributed by atoms with Crippen molar-refractivity contribution in [1.29, 1.82) is 0 Å². The van der Waals surface area contributed by atoms with E-state index in [0.29, 0.717) is 37.1 Å². The maximum absolute atomic E-state index is 11.2. The van der Waals surface area contributed by atoms with E-state index in [1.807, 2.05) is 25.1 Å². The van der Waals surface area contributed by atoms with Crippen molar-refractivity contribution in [3.63, 3.8) is 0 Å². The molecule has 0 bridgehead atoms. The summed E-state index contributed by atoms with van der Waals surface area (Å²) < 4.78 is 4.86. The molecule has 0 aromatic heterocycles. The van der Waals surface area contributed by atoms with Crippen molar-refractivity contribution >= 4 is 29.8 Å². The Morgan fingerprint density at radius 3 is 1.95 bits per heavy atom. The summed E-state index contributed by atoms with van der Waals surface area (Å²) in [4.78, 5) is 41.9. The number of nitrogens with one attached hydrogen (secondary N) is 1. The molecule has 3 aromatic carbocycles. The lowest BCUT2D eigenvalue weighted by Crippen LogP contribution is -2.30. The van der Waals surface area contributed by atoms with Crippen LogP contribution >= 0.6 is 0 Å². The number of benzene rings is 3. The molecule has 234 valence electrons. The highest BCUT2D eigenvalue weighted by Gasteiger charge is 2.08. The zero-order valence-electron chi connectivity index (χ0n) is 24.8. The van der Waals surface area contributed by atoms with Crippen molar-refractivity contribution in [2.45, 2.75) is 45.1 Å². The zero-order valence-corrected chi connectivity index (χ0v) is 24.8. The highest BCUT2D eigenvalue weighted by Crippen LogP contribution is 2.11. The van der Waals surface area contributed by atoms with Gasteiger partial charge in [0.2, 0.25) is 5.91 Å². The largest absolute Gasteiger partial charge is 0.497 e. The summed E-state index contributed by atoms with van der Waals surface area (Å²) >= 11 is 0. The van der Waals surface area contributed by atoms with E-state index in [1.54, 1.807) is 36.4 Å². The van der Waals surface area contributed by atoms with Crippen molar-refractivity contribution in [2.24, 2.45) is 17.2 Å². The molecule has 0 saturated heterocycles. The molecule has 0 aliphatic carbocycles. The fourth-order valence-corrected chi connectivity index (χ4v) is 3.10. The predicted molar refractivity (Wildman–Crippen MR) is 168 cm³/mol. The van der Waals surface area contributed by atoms with Gasteiger partial charge in [-0.1, -0.05) is 37.3 Å². The minimum absolute atomic E-state index is 0.00588. The Morgan fingerprint density at radius 2 is 1.51 bits per heavy atom. The summed E-state index contributed by atoms with van der Waals surface area (Å²) in [6.45, 7) is 3.19. The van der Waals surface area contributed by atoms with Crippen molar-refractivity contribution < 1.29 is 34.1 Å². The molecule has 0 aliphatic rings. The number of carbonyl (C=O) groups excluding carboxylic acids is 2. The summed E-state index contributed by atoms with van der Waals surface area (Å²) in [5.41, 5.74) is 18.6. The Morgan fingerprint density at radius 1 is 0.907 bits per heavy atom. The van der Waals surface area contributed by atoms with E-state index in [2.05, 4.69) is 17.4 Å². The second-order valence-electron chi connectivity index (χ2n) is 8.97. The lowest BCUT2D eigenvalue weighted by molar-refractivity contribution is -0.138. The Hall–Kier alpha value is -4.58. The first-order valence-corrected chi connectivity index (χ1v) is 13.8. The molecule has 3 rings (SSSR count). The number of rotatable bonds is 12. The van der Waals surface area contributed by atoms with Crippen LogP contribution in [-0.4, -0.2) is 60.6 Å². The normalized spacial score (nSPS) is 10.2. The third-order valence-corrected chi connectivity index (χ3v) is 5.46. The van der Waals surface area contributed by atoms with Crippen LogP contribution in [-0.2, 0) is 16.0 Å². The van der Waals surface area contributed by atoms with Gasteiger partial charge >= 0.3 is 11.9 Å². The van der Waals surface area contributed by atoms with Gasteiger partial charge in [0.15, 0.2) is 0 Å². The molecule has 11 heteroatoms. The standard InChI is InChI=1S/C11H13NO2.C8H11N.C8H8O3.C5H12N2O2/c1-2-3-11(14)12-10-6-4-9(8-13)5-7-10;9-7-6-8-4-2-1-3-5-8;1-11-7-4-2-6(3-5-7)8(9)10;6-3-1-2-4(7)5(8)9/h4-8H,2-3H2,1H3,(H,12,14);1-5H,6-7,9H2;2-5H,1H3,(H,9,10);4H,1-3,6-7H2,(H,8,9)/t;;;4-/m...0/s1. The second-order valence-corrected chi connectivity index (χ2v) is 8.97. The number of anilines is 1. The maximum atomic E-state index is 11.2. The van der Waals surface area contributed by atoms with Crippen LogP contribution in [0.1, 0.15) is 58.9 Å². The molecule has 9 N–H and O–H groups in total. The van der Waals surface area contributed by atoms with Crippen LogP contribution in [0.15, 0.2) is 78.9 Å². The first kappa shape index (κ1) is 38.4. The van der Waals surface area contributed by atoms with Gasteiger partial charge in [0.1, 0.15) is 18.1 Å². The van der Waals surface area contributed by atoms with E-state index < -0.39 is 18.0 Å². The third kappa shape index (κ3) is 19.2. The summed E-state index contributed by atoms with van der Waals surface area (Å²) in [5.74, 6) is -1.21. The fraction of sp³-hybridized carbons (Fsp3) is 0.312. The van der Waals surface area contributed by atoms with Gasteiger partial charge in [-0.3, -0.25) is 14.4 Å². The molecule has 11 nitrogen and oxygen atoms in total. The average Bonchev–Trinajstić information content (AvgIpc) is 3.02. The van der Waals surface area contributed by atoms with E-state index in [0.717, 1.165) is 31.4 Å². The molecule has 0 radical (unpaired) electrons. The summed E-state index contributed by atoms with van der Waals surface area (Å²) in [6.07, 6.45) is 4.26. The van der Waals surface area contributed by atoms with Crippen molar-refractivity contribution in [3.05, 3.63) is 95.6 Å². The topological polar surface area (TPSA) is 208 Å². The number of ether oxygens (including phenoxy) is 1. The Labute approximate surface area is 253 Å². The van der Waals surface area contributed by atoms with Crippen LogP contribution in [0.3, 0.4) is 0 Å². The molecule has 0 spiro atoms. The number of hydrogen-bond donors (Lipinski definition) is 6. The third-order valence-electron chi connectivity index (χ3n) is 5.46. The highest BCUT2D eigenvalue weighted by molar-refractivity contribution is 5.91. The summed E-state index contributed by atoms with van der Waals surface area (Å²) in [5, 5.41) is 19.5. The molecule has 3 aromatic rings. The van der Waals surface area contributed by atoms with Crippen LogP contribution in [0, 0.1) is 0 Å². The number of amides is 1. The lowest BCUT2D eigenvalue weighted by Gasteiger charge is -2.03. The maximum Gasteiger partial charge on any atom is 0.335 e. The predicted octanol–water partition coefficient (Wildman–Crippen LogP) is 3.96. The number of nitrogens with two attached hydrogens (primary N) is 3. The molecular formula is C32H44N4O7. The van der Waals surface area contributed by atoms with Gasteiger partial charge in [-0.15, -0.1) is 0 Å². The minimum atomic E-state index is -0.955. The van der Waals surface area contributed by atoms with Gasteiger partial charge in [0.05, 0.1) is 12.7 Å². The van der Waals surface area contributed by atoms with E-state index in [-0.39, 0.29) is 11.5 Å². The molecule has 0 aliphatic heterocycles. The van der Waals surface area contributed by atoms with Crippen LogP contribution < -0.4 is 27.3 Å². The number of aliphatic carboxylic acids is 1. The van der Waals surface area contributed by atoms with Crippen molar-refractivity contribution in [1.82, 2.24) is 0 Å². The number of aldehydes is 1. The van der Waals surface area contributed by atoms with Crippen LogP contribution in [0.4, 0.5) is 5.69 Å². The first-order chi connectivity index (χ1) is 20.6. The molecule has 0 saturated carbocycles. The van der Waals surface area contributed by atoms with Crippen LogP contribution in [0.5, 0.6) is 5.75 Å². The minimum Gasteiger partial charge on any atom is -0.497 e. The van der Waals surface area contributed by atoms with Gasteiger partial charge in [-0.25, -0.2) is 4.79 Å². The molecule has 1 atom stereocenters. The van der Waals surface area contributed by atoms with E-state index in [9.17, 15) is 19.2 Å². The van der Waals surface area contributed by atoms with Crippen molar-refractivity contribution in [3.8, 4) is 5.75 Å². The van der Waals surface area contributed by atoms with Gasteiger partial charge in [0.25, 0.3) is 0 Å². The lowest BCUT2D eigenvalue weighted by atomic mass is 10.2. The number of carbonyl (C=O) groups is 4. The second kappa shape index (κ2) is 24.1.